The van der Waals surface area contributed by atoms with E-state index in [1.54, 1.807) is 45.2 Å². The molecule has 0 bridgehead atoms. The molecular formula is C16H16I3N3O8. The molecule has 1 aromatic rings. The highest BCUT2D eigenvalue weighted by Crippen LogP contribution is 2.35. The summed E-state index contributed by atoms with van der Waals surface area (Å²) in [6.45, 7) is -0.269. The molecule has 0 saturated heterocycles. The van der Waals surface area contributed by atoms with Crippen LogP contribution in [0.4, 0.5) is 5.69 Å². The molecular weight excluding hydrogens is 743 g/mol. The largest absolute Gasteiger partial charge is 0.481 e. The molecule has 0 saturated carbocycles. The van der Waals surface area contributed by atoms with Crippen LogP contribution in [0.5, 0.6) is 0 Å². The van der Waals surface area contributed by atoms with Gasteiger partial charge in [-0.2, -0.15) is 0 Å². The zero-order valence-electron chi connectivity index (χ0n) is 15.5. The van der Waals surface area contributed by atoms with Gasteiger partial charge in [-0.25, -0.2) is 4.79 Å². The number of carbonyl (C=O) groups excluding carboxylic acids is 3. The topological polar surface area (TPSA) is 171 Å². The lowest BCUT2D eigenvalue weighted by Gasteiger charge is -2.20. The summed E-state index contributed by atoms with van der Waals surface area (Å²) < 4.78 is 5.59. The van der Waals surface area contributed by atoms with Crippen molar-refractivity contribution < 1.29 is 38.9 Å². The molecule has 1 rings (SSSR count). The Balaban J connectivity index is 3.60. The Morgan fingerprint density at radius 2 is 1.50 bits per heavy atom. The number of rotatable bonds is 9. The first-order valence-corrected chi connectivity index (χ1v) is 11.2. The fourth-order valence-corrected chi connectivity index (χ4v) is 6.62. The number of methoxy groups -OCH3 is 1. The molecule has 1 atom stereocenters. The van der Waals surface area contributed by atoms with Crippen LogP contribution >= 0.6 is 67.8 Å². The van der Waals surface area contributed by atoms with Gasteiger partial charge in [0.1, 0.15) is 12.6 Å². The van der Waals surface area contributed by atoms with Gasteiger partial charge in [0.25, 0.3) is 11.8 Å². The third-order valence-corrected chi connectivity index (χ3v) is 6.76. The van der Waals surface area contributed by atoms with Crippen molar-refractivity contribution in [1.29, 1.82) is 0 Å². The van der Waals surface area contributed by atoms with E-state index in [-0.39, 0.29) is 30.6 Å². The highest BCUT2D eigenvalue weighted by atomic mass is 127. The van der Waals surface area contributed by atoms with Crippen LogP contribution < -0.4 is 16.0 Å². The maximum atomic E-state index is 12.9. The Hall–Kier alpha value is -1.28. The number of hydrogen-bond acceptors (Lipinski definition) is 6. The minimum Gasteiger partial charge on any atom is -0.481 e. The summed E-state index contributed by atoms with van der Waals surface area (Å²) in [5.74, 6) is -4.90. The molecule has 0 aliphatic rings. The number of hydrogen-bond donors (Lipinski definition) is 5. The fraction of sp³-hybridized carbons (Fsp3) is 0.312. The van der Waals surface area contributed by atoms with Crippen LogP contribution in [0.25, 0.3) is 0 Å². The number of carbonyl (C=O) groups is 5. The van der Waals surface area contributed by atoms with Gasteiger partial charge in [-0.05, 0) is 67.8 Å². The average molecular weight is 759 g/mol. The summed E-state index contributed by atoms with van der Waals surface area (Å²) in [6.07, 6.45) is -0.835. The highest BCUT2D eigenvalue weighted by Gasteiger charge is 2.31. The van der Waals surface area contributed by atoms with Gasteiger partial charge < -0.3 is 30.9 Å². The molecule has 0 spiro atoms. The van der Waals surface area contributed by atoms with Gasteiger partial charge in [0.2, 0.25) is 5.91 Å². The minimum absolute atomic E-state index is 0.0698. The summed E-state index contributed by atoms with van der Waals surface area (Å²) in [6, 6.07) is -1.68. The maximum Gasteiger partial charge on any atom is 0.326 e. The van der Waals surface area contributed by atoms with Crippen molar-refractivity contribution in [1.82, 2.24) is 10.6 Å². The third kappa shape index (κ3) is 6.61. The van der Waals surface area contributed by atoms with Gasteiger partial charge >= 0.3 is 11.9 Å². The molecule has 5 N–H and O–H groups in total. The maximum absolute atomic E-state index is 12.9. The average Bonchev–Trinajstić information content (AvgIpc) is 2.64. The monoisotopic (exact) mass is 759 g/mol. The molecule has 30 heavy (non-hydrogen) atoms. The Labute approximate surface area is 211 Å². The zero-order chi connectivity index (χ0) is 23.2. The molecule has 0 fully saturated rings. The van der Waals surface area contributed by atoms with Gasteiger partial charge in [0.15, 0.2) is 0 Å². The van der Waals surface area contributed by atoms with Crippen LogP contribution in [0.2, 0.25) is 0 Å². The first-order valence-electron chi connectivity index (χ1n) is 7.92. The van der Waals surface area contributed by atoms with Crippen molar-refractivity contribution in [2.75, 3.05) is 26.1 Å². The second kappa shape index (κ2) is 11.9. The van der Waals surface area contributed by atoms with E-state index in [1.807, 2.05) is 22.6 Å². The predicted molar refractivity (Wildman–Crippen MR) is 130 cm³/mol. The molecule has 164 valence electrons. The van der Waals surface area contributed by atoms with Gasteiger partial charge in [0.05, 0.1) is 30.4 Å². The van der Waals surface area contributed by atoms with E-state index < -0.39 is 42.1 Å². The van der Waals surface area contributed by atoms with Gasteiger partial charge in [-0.1, -0.05) is 0 Å². The van der Waals surface area contributed by atoms with Crippen LogP contribution in [-0.2, 0) is 19.1 Å². The van der Waals surface area contributed by atoms with Crippen molar-refractivity contribution in [3.63, 3.8) is 0 Å². The minimum atomic E-state index is -1.68. The van der Waals surface area contributed by atoms with E-state index in [0.29, 0.717) is 3.57 Å². The first kappa shape index (κ1) is 26.8. The quantitative estimate of drug-likeness (QED) is 0.233. The van der Waals surface area contributed by atoms with Crippen LogP contribution in [-0.4, -0.2) is 66.7 Å². The molecule has 0 radical (unpaired) electrons. The Bertz CT molecular complexity index is 906. The van der Waals surface area contributed by atoms with E-state index in [4.69, 9.17) is 9.84 Å². The normalized spacial score (nSPS) is 11.4. The third-order valence-electron chi connectivity index (χ3n) is 3.52. The molecule has 0 heterocycles. The number of anilines is 1. The number of ether oxygens (including phenoxy) is 1. The Kier molecular flexibility index (Phi) is 10.6. The lowest BCUT2D eigenvalue weighted by molar-refractivity contribution is -0.145. The van der Waals surface area contributed by atoms with Crippen LogP contribution in [0.3, 0.4) is 0 Å². The lowest BCUT2D eigenvalue weighted by Crippen LogP contribution is -2.43. The number of carboxylic acids is 2. The van der Waals surface area contributed by atoms with Crippen molar-refractivity contribution in [2.24, 2.45) is 0 Å². The number of nitrogens with one attached hydrogen (secondary N) is 3. The molecule has 14 heteroatoms. The molecule has 1 aromatic carbocycles. The van der Waals surface area contributed by atoms with Gasteiger partial charge in [0, 0.05) is 17.7 Å². The molecule has 3 amide bonds. The van der Waals surface area contributed by atoms with E-state index in [0.717, 1.165) is 0 Å². The number of benzene rings is 1. The Morgan fingerprint density at radius 3 is 1.93 bits per heavy atom. The smallest absolute Gasteiger partial charge is 0.326 e. The number of amides is 3. The van der Waals surface area contributed by atoms with Gasteiger partial charge in [-0.15, -0.1) is 0 Å². The van der Waals surface area contributed by atoms with Crippen molar-refractivity contribution in [3.05, 3.63) is 21.8 Å². The van der Waals surface area contributed by atoms with Crippen LogP contribution in [0.1, 0.15) is 27.1 Å². The molecule has 0 aromatic heterocycles. The van der Waals surface area contributed by atoms with Crippen molar-refractivity contribution in [3.8, 4) is 0 Å². The summed E-state index contributed by atoms with van der Waals surface area (Å²) >= 11 is 5.41. The SMILES string of the molecule is CNC(=O)c1c(I)c(NC(=O)COC)c(I)c(C(=O)NC(CC(=O)O)C(=O)O)c1I. The number of halogens is 3. The van der Waals surface area contributed by atoms with Gasteiger partial charge in [-0.3, -0.25) is 19.2 Å². The van der Waals surface area contributed by atoms with E-state index in [1.165, 1.54) is 14.2 Å². The summed E-state index contributed by atoms with van der Waals surface area (Å²) in [4.78, 5) is 59.5. The summed E-state index contributed by atoms with van der Waals surface area (Å²) in [7, 11) is 2.72. The van der Waals surface area contributed by atoms with Crippen molar-refractivity contribution >= 4 is 103 Å². The lowest BCUT2D eigenvalue weighted by atomic mass is 10.1. The van der Waals surface area contributed by atoms with E-state index in [2.05, 4.69) is 16.0 Å². The van der Waals surface area contributed by atoms with Crippen LogP contribution in [0, 0.1) is 10.7 Å². The molecule has 1 unspecified atom stereocenters. The first-order chi connectivity index (χ1) is 14.0. The molecule has 0 aliphatic heterocycles. The Morgan fingerprint density at radius 1 is 0.967 bits per heavy atom. The molecule has 0 aliphatic carbocycles. The van der Waals surface area contributed by atoms with Crippen LogP contribution in [0.15, 0.2) is 0 Å². The predicted octanol–water partition coefficient (Wildman–Crippen LogP) is 1.10. The molecule has 11 nitrogen and oxygen atoms in total. The summed E-state index contributed by atoms with van der Waals surface area (Å²) in [5.41, 5.74) is 0.203. The fourth-order valence-electron chi connectivity index (χ4n) is 2.21. The second-order valence-electron chi connectivity index (χ2n) is 5.59. The zero-order valence-corrected chi connectivity index (χ0v) is 21.9. The highest BCUT2D eigenvalue weighted by molar-refractivity contribution is 14.1. The van der Waals surface area contributed by atoms with Crippen molar-refractivity contribution in [2.45, 2.75) is 12.5 Å². The number of carboxylic acid groups (broad SMARTS) is 2. The second-order valence-corrected chi connectivity index (χ2v) is 8.83. The van der Waals surface area contributed by atoms with E-state index >= 15 is 0 Å². The van der Waals surface area contributed by atoms with E-state index in [9.17, 15) is 29.1 Å². The summed E-state index contributed by atoms with van der Waals surface area (Å²) in [5, 5.41) is 25.2. The standard InChI is InChI=1S/C16H16I3N3O8/c1-20-14(26)8-10(17)9(15(27)21-5(16(28)29)3-7(24)25)12(19)13(11(8)18)22-6(23)4-30-2/h5H,3-4H2,1-2H3,(H,20,26)(H,21,27)(H,22,23)(H,24,25)(H,28,29). The number of aliphatic carboxylic acids is 2.